The van der Waals surface area contributed by atoms with Crippen molar-refractivity contribution in [1.82, 2.24) is 0 Å². The van der Waals surface area contributed by atoms with Gasteiger partial charge < -0.3 is 10.4 Å². The first-order valence-corrected chi connectivity index (χ1v) is 6.30. The Morgan fingerprint density at radius 3 is 2.33 bits per heavy atom. The lowest BCUT2D eigenvalue weighted by molar-refractivity contribution is 0.0698. The number of carboxylic acid groups (broad SMARTS) is 1. The van der Waals surface area contributed by atoms with Gasteiger partial charge in [0.05, 0.1) is 11.3 Å². The lowest BCUT2D eigenvalue weighted by atomic mass is 10.0. The molecule has 0 saturated heterocycles. The number of carboxylic acids is 1. The van der Waals surface area contributed by atoms with Gasteiger partial charge in [-0.15, -0.1) is 0 Å². The van der Waals surface area contributed by atoms with Crippen molar-refractivity contribution in [3.63, 3.8) is 0 Å². The minimum atomic E-state index is -1.23. The van der Waals surface area contributed by atoms with Crippen molar-refractivity contribution in [3.8, 4) is 0 Å². The van der Waals surface area contributed by atoms with Crippen molar-refractivity contribution in [3.05, 3.63) is 64.5 Å². The molecule has 0 atom stereocenters. The molecule has 2 N–H and O–H groups in total. The molecule has 0 radical (unpaired) electrons. The summed E-state index contributed by atoms with van der Waals surface area (Å²) in [7, 11) is 0. The number of anilines is 1. The largest absolute Gasteiger partial charge is 0.478 e. The molecule has 0 aromatic heterocycles. The molecule has 2 aromatic rings. The molecule has 0 heterocycles. The normalized spacial score (nSPS) is 10.2. The fraction of sp³-hybridized carbons (Fsp3) is 0.125. The summed E-state index contributed by atoms with van der Waals surface area (Å²) < 4.78 is 13.3. The van der Waals surface area contributed by atoms with E-state index in [1.807, 2.05) is 13.0 Å². The molecule has 2 aromatic carbocycles. The molecule has 5 heteroatoms. The van der Waals surface area contributed by atoms with Crippen molar-refractivity contribution >= 4 is 17.6 Å². The van der Waals surface area contributed by atoms with Gasteiger partial charge in [0.1, 0.15) is 5.82 Å². The summed E-state index contributed by atoms with van der Waals surface area (Å²) >= 11 is 0. The zero-order chi connectivity index (χ0) is 15.6. The Bertz CT molecular complexity index is 725. The van der Waals surface area contributed by atoms with E-state index < -0.39 is 17.7 Å². The number of halogens is 1. The monoisotopic (exact) mass is 287 g/mol. The van der Waals surface area contributed by atoms with E-state index in [0.29, 0.717) is 5.56 Å². The second-order valence-electron chi connectivity index (χ2n) is 4.77. The lowest BCUT2D eigenvalue weighted by Gasteiger charge is -2.10. The second kappa shape index (κ2) is 5.75. The van der Waals surface area contributed by atoms with E-state index in [-0.39, 0.29) is 11.3 Å². The van der Waals surface area contributed by atoms with E-state index >= 15 is 0 Å². The van der Waals surface area contributed by atoms with Crippen LogP contribution in [-0.4, -0.2) is 17.0 Å². The molecule has 108 valence electrons. The van der Waals surface area contributed by atoms with Crippen LogP contribution in [0.2, 0.25) is 0 Å². The van der Waals surface area contributed by atoms with Gasteiger partial charge in [-0.25, -0.2) is 9.18 Å². The van der Waals surface area contributed by atoms with Crippen LogP contribution < -0.4 is 5.32 Å². The highest BCUT2D eigenvalue weighted by Crippen LogP contribution is 2.19. The molecule has 0 aliphatic carbocycles. The summed E-state index contributed by atoms with van der Waals surface area (Å²) in [5.74, 6) is -2.32. The topological polar surface area (TPSA) is 66.4 Å². The Kier molecular flexibility index (Phi) is 4.03. The molecule has 0 fully saturated rings. The van der Waals surface area contributed by atoms with Crippen molar-refractivity contribution in [2.24, 2.45) is 0 Å². The first-order chi connectivity index (χ1) is 9.88. The predicted octanol–water partition coefficient (Wildman–Crippen LogP) is 3.39. The van der Waals surface area contributed by atoms with Crippen LogP contribution in [0.4, 0.5) is 10.1 Å². The number of hydrogen-bond acceptors (Lipinski definition) is 2. The van der Waals surface area contributed by atoms with Gasteiger partial charge in [0.15, 0.2) is 0 Å². The number of nitrogens with one attached hydrogen (secondary N) is 1. The van der Waals surface area contributed by atoms with Crippen LogP contribution in [0, 0.1) is 19.7 Å². The van der Waals surface area contributed by atoms with Gasteiger partial charge in [0.25, 0.3) is 5.91 Å². The molecule has 0 aliphatic heterocycles. The number of rotatable bonds is 3. The summed E-state index contributed by atoms with van der Waals surface area (Å²) in [6, 6.07) is 8.43. The number of benzene rings is 2. The minimum Gasteiger partial charge on any atom is -0.478 e. The highest BCUT2D eigenvalue weighted by Gasteiger charge is 2.15. The highest BCUT2D eigenvalue weighted by atomic mass is 19.1. The average Bonchev–Trinajstić information content (AvgIpc) is 2.37. The molecule has 0 spiro atoms. The zero-order valence-corrected chi connectivity index (χ0v) is 11.6. The van der Waals surface area contributed by atoms with Gasteiger partial charge in [-0.05, 0) is 43.7 Å². The van der Waals surface area contributed by atoms with Gasteiger partial charge in [-0.2, -0.15) is 0 Å². The van der Waals surface area contributed by atoms with Gasteiger partial charge in [-0.3, -0.25) is 4.79 Å². The fourth-order valence-electron chi connectivity index (χ4n) is 2.06. The SMILES string of the molecule is Cc1ccc(C(=O)Nc2cc(F)ccc2C(=O)O)c(C)c1. The Hall–Kier alpha value is -2.69. The van der Waals surface area contributed by atoms with Gasteiger partial charge in [0, 0.05) is 5.56 Å². The molecule has 4 nitrogen and oxygen atoms in total. The Balaban J connectivity index is 2.35. The third-order valence-electron chi connectivity index (χ3n) is 3.09. The number of aryl methyl sites for hydroxylation is 2. The summed E-state index contributed by atoms with van der Waals surface area (Å²) in [6.07, 6.45) is 0. The van der Waals surface area contributed by atoms with E-state index in [2.05, 4.69) is 5.32 Å². The van der Waals surface area contributed by atoms with Crippen LogP contribution in [0.15, 0.2) is 36.4 Å². The second-order valence-corrected chi connectivity index (χ2v) is 4.77. The fourth-order valence-corrected chi connectivity index (χ4v) is 2.06. The molecule has 0 unspecified atom stereocenters. The number of carbonyl (C=O) groups excluding carboxylic acids is 1. The smallest absolute Gasteiger partial charge is 0.337 e. The molecule has 0 saturated carbocycles. The van der Waals surface area contributed by atoms with Crippen molar-refractivity contribution in [2.75, 3.05) is 5.32 Å². The average molecular weight is 287 g/mol. The third-order valence-corrected chi connectivity index (χ3v) is 3.09. The van der Waals surface area contributed by atoms with Gasteiger partial charge in [-0.1, -0.05) is 17.7 Å². The van der Waals surface area contributed by atoms with E-state index in [0.717, 1.165) is 29.3 Å². The quantitative estimate of drug-likeness (QED) is 0.909. The van der Waals surface area contributed by atoms with Crippen LogP contribution in [-0.2, 0) is 0 Å². The van der Waals surface area contributed by atoms with Gasteiger partial charge >= 0.3 is 5.97 Å². The molecule has 1 amide bonds. The zero-order valence-electron chi connectivity index (χ0n) is 11.6. The molecular formula is C16H14FNO3. The number of amides is 1. The molecule has 0 bridgehead atoms. The van der Waals surface area contributed by atoms with E-state index in [4.69, 9.17) is 5.11 Å². The molecule has 21 heavy (non-hydrogen) atoms. The first kappa shape index (κ1) is 14.7. The van der Waals surface area contributed by atoms with E-state index in [1.165, 1.54) is 0 Å². The van der Waals surface area contributed by atoms with Crippen molar-refractivity contribution < 1.29 is 19.1 Å². The van der Waals surface area contributed by atoms with Crippen LogP contribution in [0.25, 0.3) is 0 Å². The molecule has 0 aliphatic rings. The molecular weight excluding hydrogens is 273 g/mol. The van der Waals surface area contributed by atoms with Crippen LogP contribution in [0.5, 0.6) is 0 Å². The maximum Gasteiger partial charge on any atom is 0.337 e. The highest BCUT2D eigenvalue weighted by molar-refractivity contribution is 6.08. The predicted molar refractivity (Wildman–Crippen MR) is 77.2 cm³/mol. The summed E-state index contributed by atoms with van der Waals surface area (Å²) in [5, 5.41) is 11.5. The van der Waals surface area contributed by atoms with Crippen LogP contribution >= 0.6 is 0 Å². The van der Waals surface area contributed by atoms with Crippen molar-refractivity contribution in [2.45, 2.75) is 13.8 Å². The van der Waals surface area contributed by atoms with Crippen LogP contribution in [0.3, 0.4) is 0 Å². The first-order valence-electron chi connectivity index (χ1n) is 6.30. The van der Waals surface area contributed by atoms with Crippen molar-refractivity contribution in [1.29, 1.82) is 0 Å². The maximum absolute atomic E-state index is 13.3. The maximum atomic E-state index is 13.3. The summed E-state index contributed by atoms with van der Waals surface area (Å²) in [4.78, 5) is 23.3. The molecule has 2 rings (SSSR count). The third kappa shape index (κ3) is 3.25. The van der Waals surface area contributed by atoms with E-state index in [1.54, 1.807) is 19.1 Å². The Morgan fingerprint density at radius 1 is 1.05 bits per heavy atom. The lowest BCUT2D eigenvalue weighted by Crippen LogP contribution is -2.16. The van der Waals surface area contributed by atoms with E-state index in [9.17, 15) is 14.0 Å². The number of carbonyl (C=O) groups is 2. The van der Waals surface area contributed by atoms with Gasteiger partial charge in [0.2, 0.25) is 0 Å². The Morgan fingerprint density at radius 2 is 1.71 bits per heavy atom. The summed E-state index contributed by atoms with van der Waals surface area (Å²) in [6.45, 7) is 3.69. The number of hydrogen-bond donors (Lipinski definition) is 2. The Labute approximate surface area is 121 Å². The minimum absolute atomic E-state index is 0.0625. The summed E-state index contributed by atoms with van der Waals surface area (Å²) in [5.41, 5.74) is 1.98. The van der Waals surface area contributed by atoms with Crippen LogP contribution in [0.1, 0.15) is 31.8 Å². The number of aromatic carboxylic acids is 1. The standard InChI is InChI=1S/C16H14FNO3/c1-9-3-5-12(10(2)7-9)15(19)18-14-8-11(17)4-6-13(14)16(20)21/h3-8H,1-2H3,(H,18,19)(H,20,21).